The van der Waals surface area contributed by atoms with Gasteiger partial charge in [0.25, 0.3) is 0 Å². The standard InChI is InChI=1S/C11H20N2O2S.ClH/c1-2-3-6-16(14,15)13-7-9-4-5-11(12)10(9)8-13;/h2,9-11H,1,3-8,12H2;1H. The molecule has 0 aromatic carbocycles. The van der Waals surface area contributed by atoms with Crippen LogP contribution in [-0.4, -0.2) is 37.6 Å². The third-order valence-electron chi connectivity index (χ3n) is 3.85. The molecule has 100 valence electrons. The molecule has 0 bridgehead atoms. The van der Waals surface area contributed by atoms with E-state index in [2.05, 4.69) is 6.58 Å². The SMILES string of the molecule is C=CCCS(=O)(=O)N1CC2CCC(N)C2C1.Cl. The van der Waals surface area contributed by atoms with Crippen LogP contribution in [0.1, 0.15) is 19.3 Å². The highest BCUT2D eigenvalue weighted by molar-refractivity contribution is 7.89. The molecule has 1 heterocycles. The van der Waals surface area contributed by atoms with E-state index in [0.29, 0.717) is 31.3 Å². The van der Waals surface area contributed by atoms with Gasteiger partial charge in [0.1, 0.15) is 0 Å². The zero-order valence-electron chi connectivity index (χ0n) is 9.92. The molecule has 0 radical (unpaired) electrons. The summed E-state index contributed by atoms with van der Waals surface area (Å²) in [7, 11) is -3.08. The molecule has 6 heteroatoms. The van der Waals surface area contributed by atoms with Crippen LogP contribution in [0.2, 0.25) is 0 Å². The van der Waals surface area contributed by atoms with Gasteiger partial charge in [-0.3, -0.25) is 0 Å². The molecule has 0 amide bonds. The molecule has 1 saturated carbocycles. The summed E-state index contributed by atoms with van der Waals surface area (Å²) in [6.45, 7) is 4.87. The predicted octanol–water partition coefficient (Wildman–Crippen LogP) is 0.983. The summed E-state index contributed by atoms with van der Waals surface area (Å²) >= 11 is 0. The lowest BCUT2D eigenvalue weighted by molar-refractivity contribution is 0.427. The Bertz CT molecular complexity index is 372. The van der Waals surface area contributed by atoms with Crippen LogP contribution in [0.5, 0.6) is 0 Å². The summed E-state index contributed by atoms with van der Waals surface area (Å²) in [6, 6.07) is 0.199. The van der Waals surface area contributed by atoms with Crippen molar-refractivity contribution in [1.82, 2.24) is 4.31 Å². The van der Waals surface area contributed by atoms with Gasteiger partial charge in [-0.2, -0.15) is 0 Å². The number of rotatable bonds is 4. The first-order chi connectivity index (χ1) is 7.54. The first kappa shape index (κ1) is 15.0. The number of sulfonamides is 1. The molecular weight excluding hydrogens is 260 g/mol. The van der Waals surface area contributed by atoms with Crippen LogP contribution in [0.3, 0.4) is 0 Å². The highest BCUT2D eigenvalue weighted by Gasteiger charge is 2.44. The van der Waals surface area contributed by atoms with Crippen molar-refractivity contribution >= 4 is 22.4 Å². The minimum Gasteiger partial charge on any atom is -0.327 e. The van der Waals surface area contributed by atoms with E-state index in [4.69, 9.17) is 5.73 Å². The lowest BCUT2D eigenvalue weighted by Crippen LogP contribution is -2.34. The van der Waals surface area contributed by atoms with Crippen molar-refractivity contribution in [2.24, 2.45) is 17.6 Å². The Hall–Kier alpha value is -0.100. The van der Waals surface area contributed by atoms with Gasteiger partial charge in [0.2, 0.25) is 10.0 Å². The summed E-state index contributed by atoms with van der Waals surface area (Å²) in [5, 5.41) is 0. The summed E-state index contributed by atoms with van der Waals surface area (Å²) in [5.74, 6) is 1.07. The normalized spacial score (nSPS) is 33.1. The van der Waals surface area contributed by atoms with Crippen LogP contribution in [0.25, 0.3) is 0 Å². The second-order valence-electron chi connectivity index (χ2n) is 4.88. The number of nitrogens with two attached hydrogens (primary N) is 1. The third kappa shape index (κ3) is 3.02. The number of nitrogens with zero attached hydrogens (tertiary/aromatic N) is 1. The fourth-order valence-corrected chi connectivity index (χ4v) is 4.40. The van der Waals surface area contributed by atoms with E-state index in [9.17, 15) is 8.42 Å². The van der Waals surface area contributed by atoms with Gasteiger partial charge in [-0.1, -0.05) is 6.08 Å². The van der Waals surface area contributed by atoms with E-state index in [-0.39, 0.29) is 24.2 Å². The topological polar surface area (TPSA) is 63.4 Å². The molecule has 17 heavy (non-hydrogen) atoms. The Balaban J connectivity index is 0.00000144. The Morgan fingerprint density at radius 2 is 2.06 bits per heavy atom. The van der Waals surface area contributed by atoms with E-state index in [1.807, 2.05) is 0 Å². The van der Waals surface area contributed by atoms with Gasteiger partial charge >= 0.3 is 0 Å². The molecule has 2 N–H and O–H groups in total. The van der Waals surface area contributed by atoms with Gasteiger partial charge < -0.3 is 5.73 Å². The average Bonchev–Trinajstić information content (AvgIpc) is 2.79. The van der Waals surface area contributed by atoms with Gasteiger partial charge in [0, 0.05) is 19.1 Å². The largest absolute Gasteiger partial charge is 0.327 e. The Kier molecular flexibility index (Phi) is 5.01. The van der Waals surface area contributed by atoms with Gasteiger partial charge in [-0.05, 0) is 31.1 Å². The van der Waals surface area contributed by atoms with Gasteiger partial charge in [-0.25, -0.2) is 12.7 Å². The molecule has 0 aromatic heterocycles. The first-order valence-corrected chi connectivity index (χ1v) is 7.50. The summed E-state index contributed by atoms with van der Waals surface area (Å²) in [4.78, 5) is 0. The van der Waals surface area contributed by atoms with E-state index >= 15 is 0 Å². The lowest BCUT2D eigenvalue weighted by atomic mass is 9.98. The van der Waals surface area contributed by atoms with Crippen LogP contribution in [0, 0.1) is 11.8 Å². The van der Waals surface area contributed by atoms with Crippen LogP contribution in [0.4, 0.5) is 0 Å². The molecule has 2 fully saturated rings. The maximum absolute atomic E-state index is 12.0. The van der Waals surface area contributed by atoms with Crippen molar-refractivity contribution in [3.05, 3.63) is 12.7 Å². The number of hydrogen-bond acceptors (Lipinski definition) is 3. The van der Waals surface area contributed by atoms with Crippen molar-refractivity contribution in [2.45, 2.75) is 25.3 Å². The predicted molar refractivity (Wildman–Crippen MR) is 71.6 cm³/mol. The maximum Gasteiger partial charge on any atom is 0.214 e. The average molecular weight is 281 g/mol. The number of fused-ring (bicyclic) bond motifs is 1. The molecule has 3 atom stereocenters. The molecule has 2 aliphatic rings. The van der Waals surface area contributed by atoms with E-state index in [1.165, 1.54) is 0 Å². The zero-order valence-corrected chi connectivity index (χ0v) is 11.5. The molecule has 2 rings (SSSR count). The minimum atomic E-state index is -3.08. The molecular formula is C11H21ClN2O2S. The Morgan fingerprint density at radius 1 is 1.35 bits per heavy atom. The molecule has 0 aromatic rings. The smallest absolute Gasteiger partial charge is 0.214 e. The molecule has 1 saturated heterocycles. The molecule has 0 spiro atoms. The Morgan fingerprint density at radius 3 is 2.65 bits per heavy atom. The quantitative estimate of drug-likeness (QED) is 0.781. The second kappa shape index (κ2) is 5.69. The molecule has 4 nitrogen and oxygen atoms in total. The highest BCUT2D eigenvalue weighted by atomic mass is 35.5. The summed E-state index contributed by atoms with van der Waals surface area (Å²) in [5.41, 5.74) is 5.99. The van der Waals surface area contributed by atoms with Crippen LogP contribution in [0.15, 0.2) is 12.7 Å². The van der Waals surface area contributed by atoms with Gasteiger partial charge in [0.15, 0.2) is 0 Å². The van der Waals surface area contributed by atoms with Crippen LogP contribution < -0.4 is 5.73 Å². The fraction of sp³-hybridized carbons (Fsp3) is 0.818. The minimum absolute atomic E-state index is 0. The van der Waals surface area contributed by atoms with Crippen molar-refractivity contribution in [3.63, 3.8) is 0 Å². The summed E-state index contributed by atoms with van der Waals surface area (Å²) in [6.07, 6.45) is 4.32. The van der Waals surface area contributed by atoms with Crippen molar-refractivity contribution in [1.29, 1.82) is 0 Å². The van der Waals surface area contributed by atoms with Crippen LogP contribution >= 0.6 is 12.4 Å². The number of halogens is 1. The molecule has 3 unspecified atom stereocenters. The highest BCUT2D eigenvalue weighted by Crippen LogP contribution is 2.38. The summed E-state index contributed by atoms with van der Waals surface area (Å²) < 4.78 is 25.6. The molecule has 1 aliphatic heterocycles. The first-order valence-electron chi connectivity index (χ1n) is 5.89. The van der Waals surface area contributed by atoms with Crippen molar-refractivity contribution in [2.75, 3.05) is 18.8 Å². The van der Waals surface area contributed by atoms with Crippen LogP contribution in [-0.2, 0) is 10.0 Å². The van der Waals surface area contributed by atoms with Crippen molar-refractivity contribution in [3.8, 4) is 0 Å². The van der Waals surface area contributed by atoms with Gasteiger partial charge in [-0.15, -0.1) is 19.0 Å². The Labute approximate surface area is 110 Å². The van der Waals surface area contributed by atoms with Gasteiger partial charge in [0.05, 0.1) is 5.75 Å². The maximum atomic E-state index is 12.0. The van der Waals surface area contributed by atoms with E-state index in [1.54, 1.807) is 10.4 Å². The monoisotopic (exact) mass is 280 g/mol. The number of allylic oxidation sites excluding steroid dienone is 1. The van der Waals surface area contributed by atoms with E-state index in [0.717, 1.165) is 12.8 Å². The number of hydrogen-bond donors (Lipinski definition) is 1. The third-order valence-corrected chi connectivity index (χ3v) is 5.69. The van der Waals surface area contributed by atoms with Crippen molar-refractivity contribution < 1.29 is 8.42 Å². The fourth-order valence-electron chi connectivity index (χ4n) is 2.86. The van der Waals surface area contributed by atoms with E-state index < -0.39 is 10.0 Å². The zero-order chi connectivity index (χ0) is 11.8. The molecule has 1 aliphatic carbocycles. The second-order valence-corrected chi connectivity index (χ2v) is 6.96. The lowest BCUT2D eigenvalue weighted by Gasteiger charge is -2.18.